The van der Waals surface area contributed by atoms with Gasteiger partial charge in [-0.25, -0.2) is 0 Å². The number of fused-ring (bicyclic) bond motifs is 9. The van der Waals surface area contributed by atoms with E-state index in [0.717, 1.165) is 77.8 Å². The lowest BCUT2D eigenvalue weighted by molar-refractivity contribution is 0.636. The Labute approximate surface area is 282 Å². The van der Waals surface area contributed by atoms with Crippen molar-refractivity contribution in [3.05, 3.63) is 176 Å². The van der Waals surface area contributed by atoms with E-state index in [-0.39, 0.29) is 0 Å². The summed E-state index contributed by atoms with van der Waals surface area (Å²) in [6.07, 6.45) is 0. The molecule has 10 aromatic rings. The first kappa shape index (κ1) is 27.5. The first-order valence-corrected chi connectivity index (χ1v) is 16.6. The van der Waals surface area contributed by atoms with Gasteiger partial charge in [-0.2, -0.15) is 0 Å². The van der Waals surface area contributed by atoms with Crippen molar-refractivity contribution >= 4 is 71.5 Å². The highest BCUT2D eigenvalue weighted by Crippen LogP contribution is 2.48. The molecular formula is C46H29NO2. The van der Waals surface area contributed by atoms with Gasteiger partial charge in [0.05, 0.1) is 0 Å². The molecule has 0 N–H and O–H groups in total. The quantitative estimate of drug-likeness (QED) is 0.178. The van der Waals surface area contributed by atoms with E-state index in [4.69, 9.17) is 8.83 Å². The second kappa shape index (κ2) is 11.0. The Morgan fingerprint density at radius 3 is 1.55 bits per heavy atom. The fraction of sp³-hybridized carbons (Fsp3) is 0. The molecule has 10 rings (SSSR count). The monoisotopic (exact) mass is 627 g/mol. The third-order valence-electron chi connectivity index (χ3n) is 9.64. The molecule has 230 valence electrons. The predicted octanol–water partition coefficient (Wildman–Crippen LogP) is 13.4. The number of para-hydroxylation sites is 2. The number of anilines is 3. The lowest BCUT2D eigenvalue weighted by atomic mass is 9.92. The first-order valence-electron chi connectivity index (χ1n) is 16.6. The molecule has 3 nitrogen and oxygen atoms in total. The van der Waals surface area contributed by atoms with Gasteiger partial charge in [0.2, 0.25) is 0 Å². The maximum absolute atomic E-state index is 6.92. The minimum absolute atomic E-state index is 0.842. The third-order valence-corrected chi connectivity index (χ3v) is 9.64. The molecule has 0 aliphatic heterocycles. The Morgan fingerprint density at radius 2 is 0.878 bits per heavy atom. The SMILES string of the molecule is c1ccc(-c2oc3c4ccccc4c4ccccc4c3c2-c2ccc3c(c2)oc2cc(N(c4ccccc4)c4ccccc4)ccc23)cc1. The van der Waals surface area contributed by atoms with Crippen LogP contribution in [0.3, 0.4) is 0 Å². The van der Waals surface area contributed by atoms with Gasteiger partial charge in [0.25, 0.3) is 0 Å². The van der Waals surface area contributed by atoms with Crippen LogP contribution in [0, 0.1) is 0 Å². The summed E-state index contributed by atoms with van der Waals surface area (Å²) in [5, 5.41) is 7.97. The highest BCUT2D eigenvalue weighted by molar-refractivity contribution is 6.28. The van der Waals surface area contributed by atoms with Crippen LogP contribution in [0.15, 0.2) is 185 Å². The highest BCUT2D eigenvalue weighted by Gasteiger charge is 2.23. The average Bonchev–Trinajstić information content (AvgIpc) is 3.75. The van der Waals surface area contributed by atoms with E-state index in [1.54, 1.807) is 0 Å². The summed E-state index contributed by atoms with van der Waals surface area (Å²) >= 11 is 0. The summed E-state index contributed by atoms with van der Waals surface area (Å²) < 4.78 is 13.6. The molecule has 0 aliphatic rings. The number of rotatable bonds is 5. The molecule has 0 atom stereocenters. The molecule has 0 aliphatic carbocycles. The molecule has 2 aromatic heterocycles. The number of hydrogen-bond donors (Lipinski definition) is 0. The van der Waals surface area contributed by atoms with E-state index in [2.05, 4.69) is 163 Å². The van der Waals surface area contributed by atoms with Gasteiger partial charge in [-0.15, -0.1) is 0 Å². The second-order valence-electron chi connectivity index (χ2n) is 12.5. The molecule has 0 radical (unpaired) electrons. The van der Waals surface area contributed by atoms with Crippen molar-refractivity contribution in [2.75, 3.05) is 4.90 Å². The van der Waals surface area contributed by atoms with Crippen molar-refractivity contribution in [3.8, 4) is 22.5 Å². The maximum atomic E-state index is 6.92. The summed E-state index contributed by atoms with van der Waals surface area (Å²) in [5.74, 6) is 0.858. The lowest BCUT2D eigenvalue weighted by Gasteiger charge is -2.25. The van der Waals surface area contributed by atoms with Crippen LogP contribution < -0.4 is 4.90 Å². The molecule has 0 bridgehead atoms. The van der Waals surface area contributed by atoms with Crippen LogP contribution in [-0.4, -0.2) is 0 Å². The summed E-state index contributed by atoms with van der Waals surface area (Å²) in [4.78, 5) is 2.26. The molecule has 3 heteroatoms. The van der Waals surface area contributed by atoms with Gasteiger partial charge in [-0.05, 0) is 70.3 Å². The Morgan fingerprint density at radius 1 is 0.347 bits per heavy atom. The Bertz CT molecular complexity index is 2770. The van der Waals surface area contributed by atoms with E-state index in [0.29, 0.717) is 0 Å². The van der Waals surface area contributed by atoms with Crippen molar-refractivity contribution in [3.63, 3.8) is 0 Å². The van der Waals surface area contributed by atoms with E-state index >= 15 is 0 Å². The van der Waals surface area contributed by atoms with E-state index in [1.807, 2.05) is 18.2 Å². The third kappa shape index (κ3) is 4.37. The minimum atomic E-state index is 0.842. The van der Waals surface area contributed by atoms with Crippen molar-refractivity contribution in [1.82, 2.24) is 0 Å². The van der Waals surface area contributed by atoms with Crippen molar-refractivity contribution < 1.29 is 8.83 Å². The molecule has 49 heavy (non-hydrogen) atoms. The Balaban J connectivity index is 1.21. The summed E-state index contributed by atoms with van der Waals surface area (Å²) in [7, 11) is 0. The highest BCUT2D eigenvalue weighted by atomic mass is 16.3. The predicted molar refractivity (Wildman–Crippen MR) is 204 cm³/mol. The standard InChI is InChI=1S/C46H29NO2/c1-4-14-30(15-5-1)45-43(44-39-22-12-10-20-35(39)36-21-11-13-23-40(36)46(44)49-45)31-24-26-37-38-27-25-34(29-42(38)48-41(37)28-31)47(32-16-6-2-7-17-32)33-18-8-3-9-19-33/h1-29H. The molecule has 0 saturated heterocycles. The van der Waals surface area contributed by atoms with E-state index in [1.165, 1.54) is 16.2 Å². The van der Waals surface area contributed by atoms with Gasteiger partial charge < -0.3 is 13.7 Å². The van der Waals surface area contributed by atoms with Gasteiger partial charge in [0, 0.05) is 55.8 Å². The van der Waals surface area contributed by atoms with E-state index in [9.17, 15) is 0 Å². The summed E-state index contributed by atoms with van der Waals surface area (Å²) in [6, 6.07) is 61.6. The van der Waals surface area contributed by atoms with Crippen LogP contribution in [0.25, 0.3) is 76.9 Å². The Hall–Kier alpha value is -6.58. The summed E-state index contributed by atoms with van der Waals surface area (Å²) in [6.45, 7) is 0. The zero-order chi connectivity index (χ0) is 32.3. The van der Waals surface area contributed by atoms with Gasteiger partial charge in [-0.3, -0.25) is 0 Å². The van der Waals surface area contributed by atoms with Crippen LogP contribution in [-0.2, 0) is 0 Å². The molecular weight excluding hydrogens is 599 g/mol. The van der Waals surface area contributed by atoms with Crippen LogP contribution in [0.1, 0.15) is 0 Å². The van der Waals surface area contributed by atoms with E-state index < -0.39 is 0 Å². The second-order valence-corrected chi connectivity index (χ2v) is 12.5. The summed E-state index contributed by atoms with van der Waals surface area (Å²) in [5.41, 5.74) is 8.98. The molecule has 0 unspecified atom stereocenters. The van der Waals surface area contributed by atoms with Crippen molar-refractivity contribution in [2.45, 2.75) is 0 Å². The van der Waals surface area contributed by atoms with Crippen LogP contribution in [0.2, 0.25) is 0 Å². The molecule has 0 amide bonds. The molecule has 0 saturated carbocycles. The smallest absolute Gasteiger partial charge is 0.143 e. The average molecular weight is 628 g/mol. The number of hydrogen-bond acceptors (Lipinski definition) is 3. The largest absolute Gasteiger partial charge is 0.456 e. The zero-order valence-electron chi connectivity index (χ0n) is 26.5. The van der Waals surface area contributed by atoms with Crippen molar-refractivity contribution in [1.29, 1.82) is 0 Å². The lowest BCUT2D eigenvalue weighted by Crippen LogP contribution is -2.09. The first-order chi connectivity index (χ1) is 24.3. The number of benzene rings is 8. The number of furan rings is 2. The molecule has 8 aromatic carbocycles. The van der Waals surface area contributed by atoms with Gasteiger partial charge in [0.15, 0.2) is 0 Å². The topological polar surface area (TPSA) is 29.5 Å². The van der Waals surface area contributed by atoms with Crippen LogP contribution in [0.5, 0.6) is 0 Å². The normalized spacial score (nSPS) is 11.7. The van der Waals surface area contributed by atoms with Gasteiger partial charge in [-0.1, -0.05) is 121 Å². The maximum Gasteiger partial charge on any atom is 0.143 e. The van der Waals surface area contributed by atoms with Crippen molar-refractivity contribution in [2.24, 2.45) is 0 Å². The molecule has 0 fully saturated rings. The van der Waals surface area contributed by atoms with Crippen LogP contribution >= 0.6 is 0 Å². The number of nitrogens with zero attached hydrogens (tertiary/aromatic N) is 1. The zero-order valence-corrected chi connectivity index (χ0v) is 26.5. The van der Waals surface area contributed by atoms with Crippen LogP contribution in [0.4, 0.5) is 17.1 Å². The van der Waals surface area contributed by atoms with Gasteiger partial charge in [0.1, 0.15) is 22.5 Å². The molecule has 0 spiro atoms. The fourth-order valence-electron chi connectivity index (χ4n) is 7.46. The minimum Gasteiger partial charge on any atom is -0.456 e. The Kier molecular flexibility index (Phi) is 6.18. The van der Waals surface area contributed by atoms with Gasteiger partial charge >= 0.3 is 0 Å². The fourth-order valence-corrected chi connectivity index (χ4v) is 7.46. The molecule has 2 heterocycles.